The summed E-state index contributed by atoms with van der Waals surface area (Å²) < 4.78 is 5.16. The SMILES string of the molecule is COc1cccc(NC(=O)C2CC2C(=O)Nc2ccccc2C(C)(C)C)c1. The molecule has 2 unspecified atom stereocenters. The van der Waals surface area contributed by atoms with Crippen molar-refractivity contribution in [2.75, 3.05) is 17.7 Å². The Morgan fingerprint density at radius 2 is 1.63 bits per heavy atom. The summed E-state index contributed by atoms with van der Waals surface area (Å²) in [6.07, 6.45) is 0.569. The Morgan fingerprint density at radius 3 is 2.30 bits per heavy atom. The topological polar surface area (TPSA) is 67.4 Å². The molecule has 27 heavy (non-hydrogen) atoms. The zero-order valence-electron chi connectivity index (χ0n) is 16.2. The Morgan fingerprint density at radius 1 is 0.963 bits per heavy atom. The molecule has 0 saturated heterocycles. The van der Waals surface area contributed by atoms with E-state index in [0.29, 0.717) is 17.9 Å². The fourth-order valence-corrected chi connectivity index (χ4v) is 3.18. The summed E-state index contributed by atoms with van der Waals surface area (Å²) in [5, 5.41) is 5.87. The normalized spacial score (nSPS) is 18.5. The van der Waals surface area contributed by atoms with Gasteiger partial charge in [0.25, 0.3) is 0 Å². The van der Waals surface area contributed by atoms with Gasteiger partial charge in [-0.05, 0) is 35.6 Å². The standard InChI is InChI=1S/C22H26N2O3/c1-22(2,3)18-10-5-6-11-19(18)24-21(26)17-13-16(17)20(25)23-14-8-7-9-15(12-14)27-4/h5-12,16-17H,13H2,1-4H3,(H,23,25)(H,24,26). The molecule has 1 aliphatic carbocycles. The van der Waals surface area contributed by atoms with Crippen molar-refractivity contribution in [3.8, 4) is 5.75 Å². The zero-order valence-corrected chi connectivity index (χ0v) is 16.2. The number of ether oxygens (including phenoxy) is 1. The third kappa shape index (κ3) is 4.48. The summed E-state index contributed by atoms with van der Waals surface area (Å²) >= 11 is 0. The first-order chi connectivity index (χ1) is 12.8. The fraction of sp³-hybridized carbons (Fsp3) is 0.364. The maximum atomic E-state index is 12.6. The maximum Gasteiger partial charge on any atom is 0.228 e. The molecule has 2 aromatic carbocycles. The van der Waals surface area contributed by atoms with E-state index in [1.807, 2.05) is 36.4 Å². The van der Waals surface area contributed by atoms with Gasteiger partial charge in [-0.1, -0.05) is 45.0 Å². The third-order valence-electron chi connectivity index (χ3n) is 4.79. The molecule has 0 radical (unpaired) electrons. The van der Waals surface area contributed by atoms with Crippen molar-refractivity contribution < 1.29 is 14.3 Å². The first-order valence-electron chi connectivity index (χ1n) is 9.15. The summed E-state index contributed by atoms with van der Waals surface area (Å²) in [5.41, 5.74) is 2.49. The Hall–Kier alpha value is -2.82. The quantitative estimate of drug-likeness (QED) is 0.833. The van der Waals surface area contributed by atoms with Crippen LogP contribution in [-0.4, -0.2) is 18.9 Å². The van der Waals surface area contributed by atoms with E-state index in [1.54, 1.807) is 19.2 Å². The van der Waals surface area contributed by atoms with Crippen molar-refractivity contribution in [3.63, 3.8) is 0 Å². The number of para-hydroxylation sites is 1. The van der Waals surface area contributed by atoms with Gasteiger partial charge in [-0.15, -0.1) is 0 Å². The van der Waals surface area contributed by atoms with E-state index in [-0.39, 0.29) is 29.1 Å². The lowest BCUT2D eigenvalue weighted by Crippen LogP contribution is -2.22. The van der Waals surface area contributed by atoms with Crippen LogP contribution in [0.15, 0.2) is 48.5 Å². The van der Waals surface area contributed by atoms with Gasteiger partial charge in [-0.25, -0.2) is 0 Å². The number of hydrogen-bond donors (Lipinski definition) is 2. The Balaban J connectivity index is 1.62. The minimum absolute atomic E-state index is 0.0729. The number of carbonyl (C=O) groups is 2. The van der Waals surface area contributed by atoms with Gasteiger partial charge >= 0.3 is 0 Å². The van der Waals surface area contributed by atoms with Gasteiger partial charge in [0.2, 0.25) is 11.8 Å². The van der Waals surface area contributed by atoms with E-state index in [0.717, 1.165) is 11.3 Å². The molecular weight excluding hydrogens is 340 g/mol. The van der Waals surface area contributed by atoms with Crippen LogP contribution in [0.2, 0.25) is 0 Å². The van der Waals surface area contributed by atoms with Gasteiger partial charge in [0.05, 0.1) is 18.9 Å². The highest BCUT2D eigenvalue weighted by Gasteiger charge is 2.48. The van der Waals surface area contributed by atoms with E-state index >= 15 is 0 Å². The van der Waals surface area contributed by atoms with Gasteiger partial charge < -0.3 is 15.4 Å². The molecule has 0 heterocycles. The smallest absolute Gasteiger partial charge is 0.228 e. The average Bonchev–Trinajstić information content (AvgIpc) is 3.42. The summed E-state index contributed by atoms with van der Waals surface area (Å²) in [7, 11) is 1.58. The highest BCUT2D eigenvalue weighted by atomic mass is 16.5. The van der Waals surface area contributed by atoms with E-state index in [9.17, 15) is 9.59 Å². The number of methoxy groups -OCH3 is 1. The summed E-state index contributed by atoms with van der Waals surface area (Å²) in [6, 6.07) is 15.0. The monoisotopic (exact) mass is 366 g/mol. The van der Waals surface area contributed by atoms with Gasteiger partial charge in [-0.2, -0.15) is 0 Å². The molecule has 0 aliphatic heterocycles. The molecule has 2 amide bonds. The van der Waals surface area contributed by atoms with Gasteiger partial charge in [-0.3, -0.25) is 9.59 Å². The van der Waals surface area contributed by atoms with Crippen LogP contribution in [0.3, 0.4) is 0 Å². The molecule has 5 heteroatoms. The van der Waals surface area contributed by atoms with Crippen LogP contribution in [0, 0.1) is 11.8 Å². The Bertz CT molecular complexity index is 855. The molecule has 1 aliphatic rings. The third-order valence-corrected chi connectivity index (χ3v) is 4.79. The molecule has 142 valence electrons. The fourth-order valence-electron chi connectivity index (χ4n) is 3.18. The molecule has 3 rings (SSSR count). The van der Waals surface area contributed by atoms with Gasteiger partial charge in [0.15, 0.2) is 0 Å². The Labute approximate surface area is 160 Å². The van der Waals surface area contributed by atoms with Crippen LogP contribution in [0.4, 0.5) is 11.4 Å². The number of nitrogens with one attached hydrogen (secondary N) is 2. The van der Waals surface area contributed by atoms with Gasteiger partial charge in [0, 0.05) is 17.4 Å². The molecule has 5 nitrogen and oxygen atoms in total. The molecule has 0 aromatic heterocycles. The lowest BCUT2D eigenvalue weighted by molar-refractivity contribution is -0.122. The molecular formula is C22H26N2O3. The molecule has 0 spiro atoms. The van der Waals surface area contributed by atoms with Crippen LogP contribution >= 0.6 is 0 Å². The predicted molar refractivity (Wildman–Crippen MR) is 107 cm³/mol. The highest BCUT2D eigenvalue weighted by Crippen LogP contribution is 2.41. The van der Waals surface area contributed by atoms with Crippen molar-refractivity contribution in [2.45, 2.75) is 32.6 Å². The van der Waals surface area contributed by atoms with Crippen molar-refractivity contribution in [1.82, 2.24) is 0 Å². The van der Waals surface area contributed by atoms with Crippen LogP contribution in [-0.2, 0) is 15.0 Å². The van der Waals surface area contributed by atoms with Crippen LogP contribution < -0.4 is 15.4 Å². The second kappa shape index (κ2) is 7.43. The minimum atomic E-state index is -0.294. The number of amides is 2. The molecule has 2 atom stereocenters. The van der Waals surface area contributed by atoms with E-state index in [1.165, 1.54) is 0 Å². The number of anilines is 2. The van der Waals surface area contributed by atoms with Crippen LogP contribution in [0.1, 0.15) is 32.8 Å². The largest absolute Gasteiger partial charge is 0.497 e. The number of hydrogen-bond acceptors (Lipinski definition) is 3. The lowest BCUT2D eigenvalue weighted by Gasteiger charge is -2.23. The predicted octanol–water partition coefficient (Wildman–Crippen LogP) is 4.21. The highest BCUT2D eigenvalue weighted by molar-refractivity contribution is 6.03. The van der Waals surface area contributed by atoms with E-state index in [4.69, 9.17) is 4.74 Å². The molecule has 1 saturated carbocycles. The lowest BCUT2D eigenvalue weighted by atomic mass is 9.86. The zero-order chi connectivity index (χ0) is 19.6. The molecule has 0 bridgehead atoms. The van der Waals surface area contributed by atoms with Crippen molar-refractivity contribution in [2.24, 2.45) is 11.8 Å². The van der Waals surface area contributed by atoms with Crippen LogP contribution in [0.5, 0.6) is 5.75 Å². The second-order valence-electron chi connectivity index (χ2n) is 7.95. The average molecular weight is 366 g/mol. The van der Waals surface area contributed by atoms with E-state index in [2.05, 4.69) is 31.4 Å². The number of benzene rings is 2. The van der Waals surface area contributed by atoms with E-state index < -0.39 is 0 Å². The van der Waals surface area contributed by atoms with Crippen molar-refractivity contribution >= 4 is 23.2 Å². The molecule has 1 fully saturated rings. The number of rotatable bonds is 5. The Kier molecular flexibility index (Phi) is 5.22. The summed E-state index contributed by atoms with van der Waals surface area (Å²) in [5.74, 6) is -0.136. The number of carbonyl (C=O) groups excluding carboxylic acids is 2. The first kappa shape index (κ1) is 19.0. The minimum Gasteiger partial charge on any atom is -0.497 e. The summed E-state index contributed by atoms with van der Waals surface area (Å²) in [4.78, 5) is 25.0. The van der Waals surface area contributed by atoms with Gasteiger partial charge in [0.1, 0.15) is 5.75 Å². The maximum absolute atomic E-state index is 12.6. The first-order valence-corrected chi connectivity index (χ1v) is 9.15. The van der Waals surface area contributed by atoms with Crippen molar-refractivity contribution in [1.29, 1.82) is 0 Å². The second-order valence-corrected chi connectivity index (χ2v) is 7.95. The molecule has 2 aromatic rings. The van der Waals surface area contributed by atoms with Crippen LogP contribution in [0.25, 0.3) is 0 Å². The summed E-state index contributed by atoms with van der Waals surface area (Å²) in [6.45, 7) is 6.33. The van der Waals surface area contributed by atoms with Crippen molar-refractivity contribution in [3.05, 3.63) is 54.1 Å². The molecule has 2 N–H and O–H groups in total.